The number of benzene rings is 2. The molecule has 6 rings (SSSR count). The Morgan fingerprint density at radius 1 is 0.593 bits per heavy atom. The number of hydrogen-bond acceptors (Lipinski definition) is 8. The highest BCUT2D eigenvalue weighted by atomic mass is 127. The zero-order valence-corrected chi connectivity index (χ0v) is 30.9. The molecule has 0 atom stereocenters. The zero-order valence-electron chi connectivity index (χ0n) is 25.6. The molecule has 10 nitrogen and oxygen atoms in total. The van der Waals surface area contributed by atoms with Crippen molar-refractivity contribution in [2.45, 2.75) is 25.1 Å². The smallest absolute Gasteiger partial charge is 0.423 e. The van der Waals surface area contributed by atoms with E-state index in [0.29, 0.717) is 20.0 Å². The molecule has 2 aromatic carbocycles. The Bertz CT molecular complexity index is 2250. The quantitative estimate of drug-likeness (QED) is 0.103. The van der Waals surface area contributed by atoms with Gasteiger partial charge in [0.05, 0.1) is 0 Å². The van der Waals surface area contributed by atoms with Crippen LogP contribution in [0.4, 0.5) is 52.7 Å². The number of halogens is 15. The fraction of sp³-hybridized carbons (Fsp3) is 0.143. The lowest BCUT2D eigenvalue weighted by Gasteiger charge is -2.11. The number of alkyl halides is 12. The van der Waals surface area contributed by atoms with Crippen LogP contribution in [-0.4, -0.2) is 59.1 Å². The largest absolute Gasteiger partial charge is 0.573 e. The maximum absolute atomic E-state index is 12.9. The second-order valence-electron chi connectivity index (χ2n) is 10.1. The van der Waals surface area contributed by atoms with Crippen LogP contribution in [0.3, 0.4) is 0 Å². The average Bonchev–Trinajstić information content (AvgIpc) is 3.66. The van der Waals surface area contributed by atoms with E-state index in [1.807, 2.05) is 22.6 Å². The number of rotatable bonds is 4. The molecule has 0 spiro atoms. The van der Waals surface area contributed by atoms with Crippen molar-refractivity contribution in [3.63, 3.8) is 0 Å². The van der Waals surface area contributed by atoms with E-state index in [9.17, 15) is 52.7 Å². The Balaban J connectivity index is 0.000000193. The fourth-order valence-electron chi connectivity index (χ4n) is 4.10. The minimum atomic E-state index is -4.84. The first-order chi connectivity index (χ1) is 24.8. The Morgan fingerprint density at radius 3 is 1.50 bits per heavy atom. The second-order valence-corrected chi connectivity index (χ2v) is 12.9. The molecule has 2 N–H and O–H groups in total. The molecule has 0 saturated heterocycles. The first-order valence-corrected chi connectivity index (χ1v) is 16.5. The van der Waals surface area contributed by atoms with Gasteiger partial charge in [-0.1, -0.05) is 22.0 Å². The van der Waals surface area contributed by atoms with E-state index in [-0.39, 0.29) is 27.0 Å². The van der Waals surface area contributed by atoms with Crippen LogP contribution >= 0.6 is 54.5 Å². The maximum Gasteiger partial charge on any atom is 0.573 e. The summed E-state index contributed by atoms with van der Waals surface area (Å²) in [4.78, 5) is 0. The summed E-state index contributed by atoms with van der Waals surface area (Å²) >= 11 is 8.19. The van der Waals surface area contributed by atoms with Crippen molar-refractivity contribution in [3.8, 4) is 22.6 Å². The fourth-order valence-corrected chi connectivity index (χ4v) is 5.38. The van der Waals surface area contributed by atoms with Crippen LogP contribution in [-0.2, 0) is 12.4 Å². The van der Waals surface area contributed by atoms with Crippen molar-refractivity contribution < 1.29 is 72.2 Å². The summed E-state index contributed by atoms with van der Waals surface area (Å²) in [5.41, 5.74) is 0.597. The van der Waals surface area contributed by atoms with Gasteiger partial charge in [-0.05, 0) is 110 Å². The number of aromatic nitrogens is 6. The van der Waals surface area contributed by atoms with E-state index in [1.165, 1.54) is 48.5 Å². The molecule has 26 heteroatoms. The molecular formula is C28H14BBr2F12IN6O4. The van der Waals surface area contributed by atoms with Crippen LogP contribution < -0.4 is 14.9 Å². The van der Waals surface area contributed by atoms with Crippen LogP contribution in [0.15, 0.2) is 82.0 Å². The summed E-state index contributed by atoms with van der Waals surface area (Å²) in [5.74, 6) is -3.08. The van der Waals surface area contributed by atoms with E-state index < -0.39 is 49.6 Å². The molecule has 0 radical (unpaired) electrons. The molecule has 0 saturated carbocycles. The predicted octanol–water partition coefficient (Wildman–Crippen LogP) is 8.46. The molecule has 0 unspecified atom stereocenters. The van der Waals surface area contributed by atoms with E-state index in [0.717, 1.165) is 32.5 Å². The first-order valence-electron chi connectivity index (χ1n) is 13.8. The zero-order chi connectivity index (χ0) is 40.4. The lowest BCUT2D eigenvalue weighted by Crippen LogP contribution is -2.30. The molecule has 0 fully saturated rings. The molecule has 0 amide bonds. The van der Waals surface area contributed by atoms with Gasteiger partial charge < -0.3 is 19.5 Å². The van der Waals surface area contributed by atoms with Gasteiger partial charge in [0.1, 0.15) is 11.5 Å². The Hall–Kier alpha value is -3.89. The lowest BCUT2D eigenvalue weighted by atomic mass is 9.82. The van der Waals surface area contributed by atoms with Gasteiger partial charge in [0.2, 0.25) is 11.6 Å². The van der Waals surface area contributed by atoms with Crippen molar-refractivity contribution in [3.05, 3.63) is 97.2 Å². The summed E-state index contributed by atoms with van der Waals surface area (Å²) in [5, 5.41) is 30.5. The van der Waals surface area contributed by atoms with Gasteiger partial charge in [-0.3, -0.25) is 8.80 Å². The molecule has 0 aliphatic carbocycles. The molecule has 4 aromatic heterocycles. The molecule has 0 bridgehead atoms. The highest BCUT2D eigenvalue weighted by Crippen LogP contribution is 2.35. The third kappa shape index (κ3) is 11.6. The Kier molecular flexibility index (Phi) is 13.1. The standard InChI is InChI=1S/C14H6BrF6N3O.C7H5BF3N3O2.C7H3BrF3IO/c15-10-5-8(25-14(19,20)21)2-3-9(10)7-1-4-11-22-23-12(13(16,17)18)24(11)6-7;9-7(10,11)6-13-12-5-2-1-4(8(15)16)3-14(5)6;8-5-3-4(1-2-6(5)12)13-7(9,10)11/h1-6H;1-3,15-16H;1-3H. The number of nitrogens with zero attached hydrogens (tertiary/aromatic N) is 6. The van der Waals surface area contributed by atoms with Gasteiger partial charge in [0.25, 0.3) is 0 Å². The van der Waals surface area contributed by atoms with Crippen molar-refractivity contribution in [2.24, 2.45) is 0 Å². The summed E-state index contributed by atoms with van der Waals surface area (Å²) in [6, 6.07) is 12.8. The van der Waals surface area contributed by atoms with Crippen molar-refractivity contribution in [1.29, 1.82) is 0 Å². The van der Waals surface area contributed by atoms with Crippen molar-refractivity contribution in [2.75, 3.05) is 0 Å². The van der Waals surface area contributed by atoms with E-state index >= 15 is 0 Å². The van der Waals surface area contributed by atoms with Crippen LogP contribution in [0.2, 0.25) is 0 Å². The van der Waals surface area contributed by atoms with Crippen LogP contribution in [0.1, 0.15) is 11.6 Å². The average molecular weight is 1020 g/mol. The first kappa shape index (κ1) is 42.9. The Labute approximate surface area is 323 Å². The predicted molar refractivity (Wildman–Crippen MR) is 179 cm³/mol. The molecule has 0 aliphatic rings. The van der Waals surface area contributed by atoms with Crippen molar-refractivity contribution >= 4 is 78.3 Å². The lowest BCUT2D eigenvalue weighted by molar-refractivity contribution is -0.275. The van der Waals surface area contributed by atoms with Crippen LogP contribution in [0, 0.1) is 3.57 Å². The number of hydrogen-bond donors (Lipinski definition) is 2. The van der Waals surface area contributed by atoms with Crippen LogP contribution in [0.5, 0.6) is 11.5 Å². The molecule has 0 aliphatic heterocycles. The number of ether oxygens (including phenoxy) is 2. The Morgan fingerprint density at radius 2 is 1.06 bits per heavy atom. The molecular weight excluding hydrogens is 1010 g/mol. The number of fused-ring (bicyclic) bond motifs is 2. The highest BCUT2D eigenvalue weighted by molar-refractivity contribution is 14.1. The van der Waals surface area contributed by atoms with Crippen LogP contribution in [0.25, 0.3) is 22.4 Å². The van der Waals surface area contributed by atoms with E-state index in [2.05, 4.69) is 61.7 Å². The summed E-state index contributed by atoms with van der Waals surface area (Å²) in [6.45, 7) is 0. The van der Waals surface area contributed by atoms with Gasteiger partial charge in [-0.15, -0.1) is 46.7 Å². The van der Waals surface area contributed by atoms with Gasteiger partial charge in [0.15, 0.2) is 11.3 Å². The molecule has 54 heavy (non-hydrogen) atoms. The van der Waals surface area contributed by atoms with E-state index in [4.69, 9.17) is 10.0 Å². The summed E-state index contributed by atoms with van der Waals surface area (Å²) < 4.78 is 159. The summed E-state index contributed by atoms with van der Waals surface area (Å²) in [6.07, 6.45) is -16.7. The monoisotopic (exact) mass is 1020 g/mol. The second kappa shape index (κ2) is 16.5. The normalized spacial score (nSPS) is 12.2. The third-order valence-electron chi connectivity index (χ3n) is 6.24. The third-order valence-corrected chi connectivity index (χ3v) is 9.24. The topological polar surface area (TPSA) is 119 Å². The highest BCUT2D eigenvalue weighted by Gasteiger charge is 2.38. The van der Waals surface area contributed by atoms with Gasteiger partial charge >= 0.3 is 32.2 Å². The molecule has 288 valence electrons. The van der Waals surface area contributed by atoms with Gasteiger partial charge in [-0.25, -0.2) is 0 Å². The minimum absolute atomic E-state index is 0.00998. The minimum Gasteiger partial charge on any atom is -0.423 e. The molecule has 6 aromatic rings. The van der Waals surface area contributed by atoms with Gasteiger partial charge in [0, 0.05) is 24.9 Å². The van der Waals surface area contributed by atoms with Gasteiger partial charge in [-0.2, -0.15) is 26.3 Å². The molecule has 4 heterocycles. The van der Waals surface area contributed by atoms with Crippen molar-refractivity contribution in [1.82, 2.24) is 29.2 Å². The summed E-state index contributed by atoms with van der Waals surface area (Å²) in [7, 11) is -1.84. The maximum atomic E-state index is 12.9. The van der Waals surface area contributed by atoms with E-state index in [1.54, 1.807) is 0 Å². The SMILES string of the molecule is FC(F)(F)Oc1ccc(-c2ccc3nnc(C(F)(F)F)n3c2)c(Br)c1.FC(F)(F)Oc1ccc(I)c(Br)c1.OB(O)c1ccc2nnc(C(F)(F)F)n2c1. The number of pyridine rings is 2.